The number of nitrogens with one attached hydrogen (secondary N) is 3. The average molecular weight is 271 g/mol. The molecule has 1 aromatic rings. The van der Waals surface area contributed by atoms with Crippen LogP contribution in [0.3, 0.4) is 0 Å². The van der Waals surface area contributed by atoms with Crippen LogP contribution in [0.1, 0.15) is 12.6 Å². The zero-order chi connectivity index (χ0) is 13.0. The third-order valence-corrected chi connectivity index (χ3v) is 3.63. The van der Waals surface area contributed by atoms with Crippen molar-refractivity contribution >= 4 is 17.2 Å². The molecular weight excluding hydrogens is 254 g/mol. The Labute approximate surface area is 109 Å². The quantitative estimate of drug-likeness (QED) is 0.685. The van der Waals surface area contributed by atoms with Gasteiger partial charge in [-0.2, -0.15) is 0 Å². The lowest BCUT2D eigenvalue weighted by atomic mass is 10.0. The van der Waals surface area contributed by atoms with Gasteiger partial charge >= 0.3 is 4.87 Å². The molecule has 2 heterocycles. The molecular formula is C11H17N3O3S. The molecule has 0 aromatic carbocycles. The average Bonchev–Trinajstić information content (AvgIpc) is 2.96. The van der Waals surface area contributed by atoms with Crippen LogP contribution in [-0.4, -0.2) is 36.7 Å². The van der Waals surface area contributed by atoms with E-state index in [1.54, 1.807) is 5.38 Å². The molecule has 100 valence electrons. The number of carbonyl (C=O) groups excluding carboxylic acids is 1. The van der Waals surface area contributed by atoms with Crippen molar-refractivity contribution in [3.05, 3.63) is 20.7 Å². The number of likely N-dealkylation sites (N-methyl/N-ethyl adjacent to an activating group) is 1. The lowest BCUT2D eigenvalue weighted by Gasteiger charge is -2.17. The normalized spacial score (nSPS) is 23.2. The zero-order valence-corrected chi connectivity index (χ0v) is 11.0. The largest absolute Gasteiger partial charge is 0.379 e. The highest BCUT2D eigenvalue weighted by molar-refractivity contribution is 7.07. The first-order valence-corrected chi connectivity index (χ1v) is 6.84. The molecule has 0 saturated carbocycles. The van der Waals surface area contributed by atoms with E-state index in [2.05, 4.69) is 15.6 Å². The van der Waals surface area contributed by atoms with Gasteiger partial charge in [0.25, 0.3) is 0 Å². The van der Waals surface area contributed by atoms with Gasteiger partial charge in [0.05, 0.1) is 25.7 Å². The van der Waals surface area contributed by atoms with Gasteiger partial charge in [0.15, 0.2) is 0 Å². The first-order chi connectivity index (χ1) is 8.70. The highest BCUT2D eigenvalue weighted by Gasteiger charge is 2.33. The van der Waals surface area contributed by atoms with E-state index in [-0.39, 0.29) is 22.7 Å². The Morgan fingerprint density at radius 3 is 3.11 bits per heavy atom. The van der Waals surface area contributed by atoms with Crippen molar-refractivity contribution in [1.82, 2.24) is 15.6 Å². The van der Waals surface area contributed by atoms with E-state index in [0.29, 0.717) is 19.8 Å². The van der Waals surface area contributed by atoms with E-state index in [1.165, 1.54) is 0 Å². The molecule has 0 radical (unpaired) electrons. The zero-order valence-electron chi connectivity index (χ0n) is 10.2. The predicted octanol–water partition coefficient (Wildman–Crippen LogP) is -0.323. The SMILES string of the molecule is CCNC1COCC1C(=O)NCc1csc(=O)[nH]1. The molecule has 1 saturated heterocycles. The van der Waals surface area contributed by atoms with E-state index in [4.69, 9.17) is 4.74 Å². The summed E-state index contributed by atoms with van der Waals surface area (Å²) < 4.78 is 5.32. The fourth-order valence-electron chi connectivity index (χ4n) is 1.99. The van der Waals surface area contributed by atoms with Crippen molar-refractivity contribution in [3.63, 3.8) is 0 Å². The summed E-state index contributed by atoms with van der Waals surface area (Å²) in [5.41, 5.74) is 0.734. The van der Waals surface area contributed by atoms with Gasteiger partial charge in [-0.15, -0.1) is 0 Å². The van der Waals surface area contributed by atoms with Gasteiger partial charge in [-0.25, -0.2) is 0 Å². The van der Waals surface area contributed by atoms with E-state index >= 15 is 0 Å². The van der Waals surface area contributed by atoms with Gasteiger partial charge < -0.3 is 20.4 Å². The van der Waals surface area contributed by atoms with Gasteiger partial charge in [-0.05, 0) is 6.54 Å². The molecule has 0 aliphatic carbocycles. The van der Waals surface area contributed by atoms with Crippen LogP contribution in [0.25, 0.3) is 0 Å². The Hall–Kier alpha value is -1.18. The monoisotopic (exact) mass is 271 g/mol. The minimum absolute atomic E-state index is 0.0366. The summed E-state index contributed by atoms with van der Waals surface area (Å²) in [6.45, 7) is 4.19. The Morgan fingerprint density at radius 2 is 2.44 bits per heavy atom. The van der Waals surface area contributed by atoms with Gasteiger partial charge in [-0.1, -0.05) is 18.3 Å². The van der Waals surface area contributed by atoms with Crippen molar-refractivity contribution in [2.75, 3.05) is 19.8 Å². The minimum Gasteiger partial charge on any atom is -0.379 e. The number of ether oxygens (including phenoxy) is 1. The fraction of sp³-hybridized carbons (Fsp3) is 0.636. The highest BCUT2D eigenvalue weighted by Crippen LogP contribution is 2.13. The first-order valence-electron chi connectivity index (χ1n) is 5.96. The molecule has 3 N–H and O–H groups in total. The minimum atomic E-state index is -0.157. The molecule has 7 heteroatoms. The Morgan fingerprint density at radius 1 is 1.61 bits per heavy atom. The van der Waals surface area contributed by atoms with E-state index in [1.807, 2.05) is 6.92 Å². The molecule has 1 aliphatic heterocycles. The highest BCUT2D eigenvalue weighted by atomic mass is 32.1. The number of H-pyrrole nitrogens is 1. The lowest BCUT2D eigenvalue weighted by Crippen LogP contribution is -2.43. The fourth-order valence-corrected chi connectivity index (χ4v) is 2.57. The lowest BCUT2D eigenvalue weighted by molar-refractivity contribution is -0.125. The number of hydrogen-bond acceptors (Lipinski definition) is 5. The number of aromatic amines is 1. The van der Waals surface area contributed by atoms with E-state index < -0.39 is 0 Å². The second-order valence-electron chi connectivity index (χ2n) is 4.20. The van der Waals surface area contributed by atoms with Crippen molar-refractivity contribution in [2.24, 2.45) is 5.92 Å². The van der Waals surface area contributed by atoms with Crippen molar-refractivity contribution in [2.45, 2.75) is 19.5 Å². The number of carbonyl (C=O) groups is 1. The second kappa shape index (κ2) is 6.12. The van der Waals surface area contributed by atoms with Gasteiger partial charge in [0, 0.05) is 17.1 Å². The molecule has 2 unspecified atom stereocenters. The van der Waals surface area contributed by atoms with Gasteiger partial charge in [0.2, 0.25) is 5.91 Å². The van der Waals surface area contributed by atoms with Crippen LogP contribution in [0.15, 0.2) is 10.2 Å². The maximum atomic E-state index is 12.0. The number of thiazole rings is 1. The molecule has 1 aromatic heterocycles. The molecule has 1 amide bonds. The summed E-state index contributed by atoms with van der Waals surface area (Å²) in [7, 11) is 0. The van der Waals surface area contributed by atoms with Crippen LogP contribution in [0.2, 0.25) is 0 Å². The van der Waals surface area contributed by atoms with Crippen molar-refractivity contribution in [3.8, 4) is 0 Å². The van der Waals surface area contributed by atoms with Crippen LogP contribution in [0.4, 0.5) is 0 Å². The Balaban J connectivity index is 1.85. The summed E-state index contributed by atoms with van der Waals surface area (Å²) >= 11 is 1.10. The summed E-state index contributed by atoms with van der Waals surface area (Å²) in [6.07, 6.45) is 0. The number of aromatic nitrogens is 1. The molecule has 2 rings (SSSR count). The van der Waals surface area contributed by atoms with Crippen LogP contribution >= 0.6 is 11.3 Å². The molecule has 6 nitrogen and oxygen atoms in total. The number of rotatable bonds is 5. The second-order valence-corrected chi connectivity index (χ2v) is 5.04. The van der Waals surface area contributed by atoms with Gasteiger partial charge in [-0.3, -0.25) is 9.59 Å². The van der Waals surface area contributed by atoms with Crippen LogP contribution in [0.5, 0.6) is 0 Å². The molecule has 1 aliphatic rings. The third-order valence-electron chi connectivity index (χ3n) is 2.91. The standard InChI is InChI=1S/C11H17N3O3S/c1-2-12-9-5-17-4-8(9)10(15)13-3-7-6-18-11(16)14-7/h6,8-9,12H,2-5H2,1H3,(H,13,15)(H,14,16). The van der Waals surface area contributed by atoms with Gasteiger partial charge in [0.1, 0.15) is 0 Å². The van der Waals surface area contributed by atoms with Crippen molar-refractivity contribution < 1.29 is 9.53 Å². The maximum absolute atomic E-state index is 12.0. The van der Waals surface area contributed by atoms with Crippen LogP contribution in [-0.2, 0) is 16.1 Å². The number of amides is 1. The predicted molar refractivity (Wildman–Crippen MR) is 68.6 cm³/mol. The topological polar surface area (TPSA) is 83.2 Å². The molecule has 0 spiro atoms. The summed E-state index contributed by atoms with van der Waals surface area (Å²) in [5, 5.41) is 7.77. The van der Waals surface area contributed by atoms with Crippen LogP contribution < -0.4 is 15.5 Å². The van der Waals surface area contributed by atoms with E-state index in [0.717, 1.165) is 23.6 Å². The third kappa shape index (κ3) is 3.18. The summed E-state index contributed by atoms with van der Waals surface area (Å²) in [6, 6.07) is 0.0801. The Kier molecular flexibility index (Phi) is 4.51. The van der Waals surface area contributed by atoms with Crippen LogP contribution in [0, 0.1) is 5.92 Å². The Bertz CT molecular complexity index is 456. The molecule has 1 fully saturated rings. The first kappa shape index (κ1) is 13.3. The molecule has 2 atom stereocenters. The van der Waals surface area contributed by atoms with Crippen molar-refractivity contribution in [1.29, 1.82) is 0 Å². The summed E-state index contributed by atoms with van der Waals surface area (Å²) in [5.74, 6) is -0.194. The molecule has 0 bridgehead atoms. The molecule has 18 heavy (non-hydrogen) atoms. The number of hydrogen-bond donors (Lipinski definition) is 3. The van der Waals surface area contributed by atoms with E-state index in [9.17, 15) is 9.59 Å². The smallest absolute Gasteiger partial charge is 0.304 e. The maximum Gasteiger partial charge on any atom is 0.304 e. The summed E-state index contributed by atoms with van der Waals surface area (Å²) in [4.78, 5) is 25.5.